The third-order valence-corrected chi connectivity index (χ3v) is 5.68. The van der Waals surface area contributed by atoms with E-state index in [0.717, 1.165) is 39.3 Å². The van der Waals surface area contributed by atoms with E-state index in [2.05, 4.69) is 4.98 Å². The molecule has 0 aliphatic carbocycles. The smallest absolute Gasteiger partial charge is 0.307 e. The zero-order valence-corrected chi connectivity index (χ0v) is 16.6. The first-order valence-electron chi connectivity index (χ1n) is 9.28. The summed E-state index contributed by atoms with van der Waals surface area (Å²) >= 11 is 1.50. The van der Waals surface area contributed by atoms with E-state index in [0.29, 0.717) is 17.2 Å². The fourth-order valence-electron chi connectivity index (χ4n) is 3.40. The van der Waals surface area contributed by atoms with Gasteiger partial charge in [-0.25, -0.2) is 4.98 Å². The predicted molar refractivity (Wildman–Crippen MR) is 111 cm³/mol. The lowest BCUT2D eigenvalue weighted by atomic mass is 10.0. The van der Waals surface area contributed by atoms with E-state index in [4.69, 9.17) is 9.47 Å². The maximum Gasteiger partial charge on any atom is 0.307 e. The van der Waals surface area contributed by atoms with Crippen LogP contribution in [-0.2, 0) is 11.2 Å². The first-order valence-corrected chi connectivity index (χ1v) is 10.1. The molecule has 0 saturated heterocycles. The fourth-order valence-corrected chi connectivity index (χ4v) is 4.38. The molecule has 1 aliphatic rings. The fraction of sp³-hybridized carbons (Fsp3) is 0.273. The molecule has 0 bridgehead atoms. The highest BCUT2D eigenvalue weighted by atomic mass is 32.1. The Balaban J connectivity index is 1.82. The first kappa shape index (κ1) is 18.5. The highest BCUT2D eigenvalue weighted by Gasteiger charge is 2.22. The Bertz CT molecular complexity index is 1040. The molecule has 0 saturated carbocycles. The Hall–Kier alpha value is -2.86. The van der Waals surface area contributed by atoms with Crippen molar-refractivity contribution in [1.29, 1.82) is 0 Å². The lowest BCUT2D eigenvalue weighted by Crippen LogP contribution is -2.05. The van der Waals surface area contributed by atoms with Crippen LogP contribution in [-0.4, -0.2) is 28.8 Å². The Labute approximate surface area is 167 Å². The van der Waals surface area contributed by atoms with Crippen molar-refractivity contribution in [2.75, 3.05) is 6.61 Å². The minimum atomic E-state index is -0.894. The van der Waals surface area contributed by atoms with Gasteiger partial charge in [-0.3, -0.25) is 4.79 Å². The van der Waals surface area contributed by atoms with Gasteiger partial charge in [0.15, 0.2) is 0 Å². The monoisotopic (exact) mass is 395 g/mol. The highest BCUT2D eigenvalue weighted by Crippen LogP contribution is 2.38. The summed E-state index contributed by atoms with van der Waals surface area (Å²) in [6.45, 7) is 4.50. The maximum atomic E-state index is 11.5. The van der Waals surface area contributed by atoms with Gasteiger partial charge in [0.1, 0.15) is 22.6 Å². The first-order chi connectivity index (χ1) is 13.5. The number of rotatable bonds is 6. The van der Waals surface area contributed by atoms with Gasteiger partial charge in [0.2, 0.25) is 0 Å². The van der Waals surface area contributed by atoms with E-state index >= 15 is 0 Å². The van der Waals surface area contributed by atoms with Crippen molar-refractivity contribution in [3.05, 3.63) is 52.5 Å². The van der Waals surface area contributed by atoms with Crippen LogP contribution < -0.4 is 9.47 Å². The summed E-state index contributed by atoms with van der Waals surface area (Å²) in [5.41, 5.74) is 3.45. The van der Waals surface area contributed by atoms with Gasteiger partial charge < -0.3 is 14.6 Å². The van der Waals surface area contributed by atoms with E-state index in [-0.39, 0.29) is 12.5 Å². The molecule has 0 amide bonds. The van der Waals surface area contributed by atoms with Crippen molar-refractivity contribution in [3.8, 4) is 11.5 Å². The molecule has 1 aromatic heterocycles. The van der Waals surface area contributed by atoms with E-state index in [9.17, 15) is 9.90 Å². The molecule has 4 rings (SSSR count). The van der Waals surface area contributed by atoms with Crippen LogP contribution in [0.25, 0.3) is 21.9 Å². The number of fused-ring (bicyclic) bond motifs is 2. The van der Waals surface area contributed by atoms with Gasteiger partial charge in [-0.15, -0.1) is 11.3 Å². The SMILES string of the molecule is CCOc1cc2c(cc1/C=C(\CC(=O)O)c1nc3ccccc3s1)OC(C)C2. The summed E-state index contributed by atoms with van der Waals surface area (Å²) in [6, 6.07) is 11.8. The summed E-state index contributed by atoms with van der Waals surface area (Å²) in [7, 11) is 0. The van der Waals surface area contributed by atoms with Crippen molar-refractivity contribution in [3.63, 3.8) is 0 Å². The topological polar surface area (TPSA) is 68.7 Å². The van der Waals surface area contributed by atoms with E-state index in [1.165, 1.54) is 11.3 Å². The summed E-state index contributed by atoms with van der Waals surface area (Å²) in [5.74, 6) is 0.679. The summed E-state index contributed by atoms with van der Waals surface area (Å²) in [4.78, 5) is 16.1. The molecule has 0 fully saturated rings. The van der Waals surface area contributed by atoms with Crippen molar-refractivity contribution in [2.45, 2.75) is 32.8 Å². The molecule has 1 atom stereocenters. The molecule has 1 unspecified atom stereocenters. The average molecular weight is 395 g/mol. The average Bonchev–Trinajstić information content (AvgIpc) is 3.23. The zero-order valence-electron chi connectivity index (χ0n) is 15.8. The number of carboxylic acid groups (broad SMARTS) is 1. The van der Waals surface area contributed by atoms with Gasteiger partial charge in [0.05, 0.1) is 23.2 Å². The molecular formula is C22H21NO4S. The maximum absolute atomic E-state index is 11.5. The molecule has 2 heterocycles. The number of para-hydroxylation sites is 1. The van der Waals surface area contributed by atoms with E-state index in [1.54, 1.807) is 0 Å². The van der Waals surface area contributed by atoms with Gasteiger partial charge in [0, 0.05) is 17.5 Å². The minimum absolute atomic E-state index is 0.111. The van der Waals surface area contributed by atoms with Gasteiger partial charge >= 0.3 is 5.97 Å². The number of benzene rings is 2. The normalized spacial score (nSPS) is 16.1. The number of hydrogen-bond acceptors (Lipinski definition) is 5. The molecule has 5 nitrogen and oxygen atoms in total. The number of aliphatic carboxylic acids is 1. The standard InChI is InChI=1S/C22H21NO4S/c1-3-26-18-10-14-8-13(2)27-19(14)11-15(18)9-16(12-21(24)25)22-23-17-6-4-5-7-20(17)28-22/h4-7,9-11,13H,3,8,12H2,1-2H3,(H,24,25)/b16-9+. The van der Waals surface area contributed by atoms with E-state index < -0.39 is 5.97 Å². The van der Waals surface area contributed by atoms with Crippen molar-refractivity contribution in [2.24, 2.45) is 0 Å². The number of carbonyl (C=O) groups is 1. The lowest BCUT2D eigenvalue weighted by molar-refractivity contribution is -0.135. The second-order valence-corrected chi connectivity index (χ2v) is 7.82. The zero-order chi connectivity index (χ0) is 19.7. The number of carboxylic acids is 1. The van der Waals surface area contributed by atoms with Crippen LogP contribution in [0.2, 0.25) is 0 Å². The quantitative estimate of drug-likeness (QED) is 0.634. The lowest BCUT2D eigenvalue weighted by Gasteiger charge is -2.11. The highest BCUT2D eigenvalue weighted by molar-refractivity contribution is 7.19. The molecule has 1 N–H and O–H groups in total. The minimum Gasteiger partial charge on any atom is -0.493 e. The van der Waals surface area contributed by atoms with E-state index in [1.807, 2.05) is 56.3 Å². The number of hydrogen-bond donors (Lipinski definition) is 1. The molecular weight excluding hydrogens is 374 g/mol. The van der Waals surface area contributed by atoms with Crippen molar-refractivity contribution < 1.29 is 19.4 Å². The predicted octanol–water partition coefficient (Wildman–Crippen LogP) is 5.03. The van der Waals surface area contributed by atoms with Crippen LogP contribution in [0.5, 0.6) is 11.5 Å². The van der Waals surface area contributed by atoms with Gasteiger partial charge in [-0.1, -0.05) is 12.1 Å². The van der Waals surface area contributed by atoms with Crippen LogP contribution in [0.4, 0.5) is 0 Å². The molecule has 0 spiro atoms. The van der Waals surface area contributed by atoms with Gasteiger partial charge in [0.25, 0.3) is 0 Å². The Morgan fingerprint density at radius 2 is 2.21 bits per heavy atom. The third-order valence-electron chi connectivity index (χ3n) is 4.57. The Kier molecular flexibility index (Phi) is 5.05. The Morgan fingerprint density at radius 3 is 2.96 bits per heavy atom. The van der Waals surface area contributed by atoms with Gasteiger partial charge in [-0.2, -0.15) is 0 Å². The third kappa shape index (κ3) is 3.73. The second-order valence-electron chi connectivity index (χ2n) is 6.79. The Morgan fingerprint density at radius 1 is 1.39 bits per heavy atom. The molecule has 0 radical (unpaired) electrons. The van der Waals surface area contributed by atoms with Crippen LogP contribution in [0.15, 0.2) is 36.4 Å². The molecule has 6 heteroatoms. The molecule has 3 aromatic rings. The number of aromatic nitrogens is 1. The van der Waals surface area contributed by atoms with Crippen LogP contribution >= 0.6 is 11.3 Å². The van der Waals surface area contributed by atoms with Gasteiger partial charge in [-0.05, 0) is 49.8 Å². The molecule has 1 aliphatic heterocycles. The summed E-state index contributed by atoms with van der Waals surface area (Å²) in [5, 5.41) is 10.1. The van der Waals surface area contributed by atoms with Crippen molar-refractivity contribution in [1.82, 2.24) is 4.98 Å². The molecule has 28 heavy (non-hydrogen) atoms. The van der Waals surface area contributed by atoms with Crippen LogP contribution in [0.3, 0.4) is 0 Å². The summed E-state index contributed by atoms with van der Waals surface area (Å²) in [6.07, 6.45) is 2.73. The van der Waals surface area contributed by atoms with Crippen LogP contribution in [0, 0.1) is 0 Å². The largest absolute Gasteiger partial charge is 0.493 e. The number of ether oxygens (including phenoxy) is 2. The van der Waals surface area contributed by atoms with Crippen molar-refractivity contribution >= 4 is 39.2 Å². The van der Waals surface area contributed by atoms with Crippen LogP contribution in [0.1, 0.15) is 36.4 Å². The summed E-state index contributed by atoms with van der Waals surface area (Å²) < 4.78 is 12.7. The molecule has 2 aromatic carbocycles. The second kappa shape index (κ2) is 7.64. The number of nitrogens with zero attached hydrogens (tertiary/aromatic N) is 1. The molecule has 144 valence electrons. The number of thiazole rings is 1.